The molecule has 2 aromatic rings. The number of nitrogens with zero attached hydrogens (tertiary/aromatic N) is 3. The van der Waals surface area contributed by atoms with Gasteiger partial charge in [-0.3, -0.25) is 9.69 Å². The third-order valence-corrected chi connectivity index (χ3v) is 6.56. The Morgan fingerprint density at radius 3 is 2.81 bits per heavy atom. The number of thioether (sulfide) groups is 1. The van der Waals surface area contributed by atoms with Gasteiger partial charge in [0.1, 0.15) is 5.82 Å². The van der Waals surface area contributed by atoms with E-state index in [1.807, 2.05) is 17.2 Å². The summed E-state index contributed by atoms with van der Waals surface area (Å²) >= 11 is 2.83. The SMILES string of the molecule is Cc1csc(/N=C2/S/C(=C\c3cccc(F)c3)C(=O)N2C2CCCCC2)n1. The number of halogens is 1. The van der Waals surface area contributed by atoms with Crippen LogP contribution in [-0.2, 0) is 4.79 Å². The van der Waals surface area contributed by atoms with Gasteiger partial charge in [0.25, 0.3) is 5.91 Å². The monoisotopic (exact) mass is 401 g/mol. The van der Waals surface area contributed by atoms with E-state index in [2.05, 4.69) is 9.98 Å². The Hall–Kier alpha value is -1.99. The van der Waals surface area contributed by atoms with Crippen molar-refractivity contribution in [2.75, 3.05) is 0 Å². The zero-order valence-electron chi connectivity index (χ0n) is 15.0. The molecule has 1 amide bonds. The minimum absolute atomic E-state index is 0.0387. The molecule has 1 saturated carbocycles. The van der Waals surface area contributed by atoms with E-state index in [0.717, 1.165) is 31.4 Å². The van der Waals surface area contributed by atoms with Gasteiger partial charge in [-0.05, 0) is 55.3 Å². The molecule has 0 radical (unpaired) electrons. The molecule has 1 saturated heterocycles. The second-order valence-electron chi connectivity index (χ2n) is 6.80. The first-order valence-corrected chi connectivity index (χ1v) is 10.8. The predicted octanol–water partition coefficient (Wildman–Crippen LogP) is 5.53. The molecule has 4 nitrogen and oxygen atoms in total. The van der Waals surface area contributed by atoms with E-state index in [1.165, 1.54) is 41.7 Å². The van der Waals surface area contributed by atoms with Crippen LogP contribution in [0.4, 0.5) is 9.52 Å². The van der Waals surface area contributed by atoms with Crippen molar-refractivity contribution >= 4 is 45.4 Å². The van der Waals surface area contributed by atoms with Crippen molar-refractivity contribution < 1.29 is 9.18 Å². The van der Waals surface area contributed by atoms with Crippen LogP contribution in [0.3, 0.4) is 0 Å². The number of hydrogen-bond acceptors (Lipinski definition) is 5. The molecule has 2 fully saturated rings. The summed E-state index contributed by atoms with van der Waals surface area (Å²) in [6.07, 6.45) is 7.22. The second kappa shape index (κ2) is 7.94. The van der Waals surface area contributed by atoms with Gasteiger partial charge >= 0.3 is 0 Å². The zero-order chi connectivity index (χ0) is 18.8. The number of aromatic nitrogens is 1. The summed E-state index contributed by atoms with van der Waals surface area (Å²) in [7, 11) is 0. The van der Waals surface area contributed by atoms with E-state index < -0.39 is 0 Å². The number of benzene rings is 1. The Morgan fingerprint density at radius 1 is 1.30 bits per heavy atom. The van der Waals surface area contributed by atoms with Gasteiger partial charge < -0.3 is 0 Å². The van der Waals surface area contributed by atoms with Crippen molar-refractivity contribution in [2.45, 2.75) is 45.1 Å². The Bertz CT molecular complexity index is 915. The van der Waals surface area contributed by atoms with Gasteiger partial charge in [0.2, 0.25) is 5.13 Å². The van der Waals surface area contributed by atoms with E-state index in [0.29, 0.717) is 20.8 Å². The Balaban J connectivity index is 1.69. The fourth-order valence-corrected chi connectivity index (χ4v) is 5.21. The largest absolute Gasteiger partial charge is 0.283 e. The highest BCUT2D eigenvalue weighted by Gasteiger charge is 2.38. The van der Waals surface area contributed by atoms with Gasteiger partial charge in [0.15, 0.2) is 5.17 Å². The van der Waals surface area contributed by atoms with E-state index in [-0.39, 0.29) is 17.8 Å². The van der Waals surface area contributed by atoms with Crippen LogP contribution < -0.4 is 0 Å². The Morgan fingerprint density at radius 2 is 2.11 bits per heavy atom. The minimum atomic E-state index is -0.309. The lowest BCUT2D eigenvalue weighted by Gasteiger charge is -2.30. The van der Waals surface area contributed by atoms with Crippen LogP contribution in [0.2, 0.25) is 0 Å². The molecule has 7 heteroatoms. The molecule has 0 atom stereocenters. The molecule has 27 heavy (non-hydrogen) atoms. The maximum atomic E-state index is 13.5. The molecule has 1 aliphatic carbocycles. The van der Waals surface area contributed by atoms with E-state index >= 15 is 0 Å². The number of amidine groups is 1. The average molecular weight is 402 g/mol. The number of hydrogen-bond donors (Lipinski definition) is 0. The second-order valence-corrected chi connectivity index (χ2v) is 8.64. The van der Waals surface area contributed by atoms with Crippen LogP contribution in [0.15, 0.2) is 39.5 Å². The van der Waals surface area contributed by atoms with Crippen LogP contribution >= 0.6 is 23.1 Å². The Labute approximate surface area is 166 Å². The van der Waals surface area contributed by atoms with Crippen molar-refractivity contribution in [1.29, 1.82) is 0 Å². The van der Waals surface area contributed by atoms with Crippen molar-refractivity contribution in [1.82, 2.24) is 9.88 Å². The minimum Gasteiger partial charge on any atom is -0.283 e. The number of carbonyl (C=O) groups excluding carboxylic acids is 1. The zero-order valence-corrected chi connectivity index (χ0v) is 16.7. The van der Waals surface area contributed by atoms with Crippen LogP contribution in [0.25, 0.3) is 6.08 Å². The molecule has 4 rings (SSSR count). The van der Waals surface area contributed by atoms with Crippen molar-refractivity contribution in [3.63, 3.8) is 0 Å². The highest BCUT2D eigenvalue weighted by Crippen LogP contribution is 2.38. The third-order valence-electron chi connectivity index (χ3n) is 4.72. The first-order valence-electron chi connectivity index (χ1n) is 9.09. The number of rotatable bonds is 3. The van der Waals surface area contributed by atoms with Crippen LogP contribution in [0.1, 0.15) is 43.4 Å². The fourth-order valence-electron chi connectivity index (χ4n) is 3.45. The number of aliphatic imine (C=N–C) groups is 1. The molecule has 1 aromatic carbocycles. The molecule has 2 aliphatic rings. The summed E-state index contributed by atoms with van der Waals surface area (Å²) in [5.74, 6) is -0.348. The summed E-state index contributed by atoms with van der Waals surface area (Å²) < 4.78 is 13.5. The van der Waals surface area contributed by atoms with Crippen LogP contribution in [-0.4, -0.2) is 27.0 Å². The highest BCUT2D eigenvalue weighted by molar-refractivity contribution is 8.18. The van der Waals surface area contributed by atoms with Gasteiger partial charge in [-0.15, -0.1) is 11.3 Å². The van der Waals surface area contributed by atoms with Crippen molar-refractivity contribution in [2.24, 2.45) is 4.99 Å². The van der Waals surface area contributed by atoms with Crippen molar-refractivity contribution in [3.8, 4) is 0 Å². The maximum Gasteiger partial charge on any atom is 0.267 e. The molecule has 140 valence electrons. The molecule has 1 aromatic heterocycles. The Kier molecular flexibility index (Phi) is 5.41. The van der Waals surface area contributed by atoms with Crippen LogP contribution in [0, 0.1) is 12.7 Å². The first kappa shape index (κ1) is 18.4. The molecule has 1 aliphatic heterocycles. The molecule has 0 unspecified atom stereocenters. The van der Waals surface area contributed by atoms with E-state index in [4.69, 9.17) is 0 Å². The van der Waals surface area contributed by atoms with Gasteiger partial charge in [0, 0.05) is 11.4 Å². The quantitative estimate of drug-likeness (QED) is 0.636. The van der Waals surface area contributed by atoms with Gasteiger partial charge in [-0.1, -0.05) is 31.4 Å². The molecular formula is C20H20FN3OS2. The molecule has 2 heterocycles. The maximum absolute atomic E-state index is 13.5. The molecule has 0 N–H and O–H groups in total. The summed E-state index contributed by atoms with van der Waals surface area (Å²) in [5, 5.41) is 3.30. The number of amides is 1. The normalized spacial score (nSPS) is 21.6. The lowest BCUT2D eigenvalue weighted by Crippen LogP contribution is -2.40. The molecule has 0 spiro atoms. The van der Waals surface area contributed by atoms with E-state index in [1.54, 1.807) is 18.2 Å². The predicted molar refractivity (Wildman–Crippen MR) is 110 cm³/mol. The van der Waals surface area contributed by atoms with Gasteiger partial charge in [0.05, 0.1) is 10.6 Å². The number of aryl methyl sites for hydroxylation is 1. The number of thiazole rings is 1. The van der Waals surface area contributed by atoms with Crippen molar-refractivity contribution in [3.05, 3.63) is 51.6 Å². The summed E-state index contributed by atoms with van der Waals surface area (Å²) in [6, 6.07) is 6.46. The highest BCUT2D eigenvalue weighted by atomic mass is 32.2. The lowest BCUT2D eigenvalue weighted by molar-refractivity contribution is -0.124. The topological polar surface area (TPSA) is 45.6 Å². The standard InChI is InChI=1S/C20H20FN3OS2/c1-13-12-26-19(22-13)23-20-24(16-8-3-2-4-9-16)18(25)17(27-20)11-14-6-5-7-15(21)10-14/h5-7,10-12,16H,2-4,8-9H2,1H3/b17-11-,23-20+. The fraction of sp³-hybridized carbons (Fsp3) is 0.350. The van der Waals surface area contributed by atoms with Gasteiger partial charge in [-0.2, -0.15) is 4.99 Å². The van der Waals surface area contributed by atoms with Crippen LogP contribution in [0.5, 0.6) is 0 Å². The average Bonchev–Trinajstić information content (AvgIpc) is 3.19. The molecule has 0 bridgehead atoms. The molecular weight excluding hydrogens is 381 g/mol. The summed E-state index contributed by atoms with van der Waals surface area (Å²) in [6.45, 7) is 1.93. The first-order chi connectivity index (χ1) is 13.1. The third kappa shape index (κ3) is 4.14. The lowest BCUT2D eigenvalue weighted by atomic mass is 9.94. The summed E-state index contributed by atoms with van der Waals surface area (Å²) in [4.78, 5) is 24.6. The van der Waals surface area contributed by atoms with E-state index in [9.17, 15) is 9.18 Å². The van der Waals surface area contributed by atoms with Gasteiger partial charge in [-0.25, -0.2) is 9.37 Å². The number of carbonyl (C=O) groups is 1. The smallest absolute Gasteiger partial charge is 0.267 e. The summed E-state index contributed by atoms with van der Waals surface area (Å²) in [5.41, 5.74) is 1.61.